The zero-order valence-electron chi connectivity index (χ0n) is 9.95. The van der Waals surface area contributed by atoms with Crippen LogP contribution in [0.1, 0.15) is 10.4 Å². The number of hydrogen-bond donors (Lipinski definition) is 1. The van der Waals surface area contributed by atoms with E-state index in [1.807, 2.05) is 0 Å². The van der Waals surface area contributed by atoms with Crippen LogP contribution >= 0.6 is 11.6 Å². The highest BCUT2D eigenvalue weighted by Gasteiger charge is 2.16. The minimum atomic E-state index is -1.20. The summed E-state index contributed by atoms with van der Waals surface area (Å²) in [6, 6.07) is 9.69. The van der Waals surface area contributed by atoms with Crippen LogP contribution in [0.3, 0.4) is 0 Å². The van der Waals surface area contributed by atoms with Gasteiger partial charge in [-0.3, -0.25) is 10.1 Å². The van der Waals surface area contributed by atoms with E-state index < -0.39 is 10.9 Å². The molecule has 0 saturated carbocycles. The van der Waals surface area contributed by atoms with Crippen LogP contribution in [0.15, 0.2) is 42.5 Å². The van der Waals surface area contributed by atoms with E-state index in [1.165, 1.54) is 42.5 Å². The van der Waals surface area contributed by atoms with Gasteiger partial charge in [0, 0.05) is 6.07 Å². The Hall–Kier alpha value is -2.60. The first-order chi connectivity index (χ1) is 9.49. The molecule has 2 rings (SSSR count). The number of halogens is 1. The maximum atomic E-state index is 11.1. The second kappa shape index (κ2) is 5.58. The number of rotatable bonds is 4. The zero-order chi connectivity index (χ0) is 14.7. The zero-order valence-corrected chi connectivity index (χ0v) is 10.7. The Labute approximate surface area is 118 Å². The van der Waals surface area contributed by atoms with E-state index >= 15 is 0 Å². The van der Waals surface area contributed by atoms with Gasteiger partial charge in [-0.25, -0.2) is 4.79 Å². The molecular formula is C13H8ClNO5. The molecule has 0 aromatic heterocycles. The Morgan fingerprint density at radius 3 is 2.60 bits per heavy atom. The van der Waals surface area contributed by atoms with Gasteiger partial charge in [0.25, 0.3) is 5.69 Å². The van der Waals surface area contributed by atoms with Gasteiger partial charge in [-0.1, -0.05) is 23.7 Å². The molecule has 0 bridgehead atoms. The van der Waals surface area contributed by atoms with Gasteiger partial charge in [-0.05, 0) is 18.2 Å². The highest BCUT2D eigenvalue weighted by atomic mass is 35.5. The maximum absolute atomic E-state index is 11.1. The second-order valence-corrected chi connectivity index (χ2v) is 4.19. The predicted octanol–water partition coefficient (Wildman–Crippen LogP) is 3.74. The van der Waals surface area contributed by atoms with Gasteiger partial charge in [0.2, 0.25) is 0 Å². The van der Waals surface area contributed by atoms with Crippen molar-refractivity contribution in [3.63, 3.8) is 0 Å². The van der Waals surface area contributed by atoms with Crippen LogP contribution < -0.4 is 4.74 Å². The number of nitrogens with zero attached hydrogens (tertiary/aromatic N) is 1. The number of carboxylic acids is 1. The summed E-state index contributed by atoms with van der Waals surface area (Å²) < 4.78 is 5.38. The lowest BCUT2D eigenvalue weighted by Crippen LogP contribution is -2.00. The fourth-order valence-corrected chi connectivity index (χ4v) is 1.77. The molecule has 1 N–H and O–H groups in total. The van der Waals surface area contributed by atoms with Gasteiger partial charge in [-0.2, -0.15) is 0 Å². The molecule has 0 heterocycles. The lowest BCUT2D eigenvalue weighted by molar-refractivity contribution is -0.384. The molecule has 0 spiro atoms. The number of nitro benzene ring substituents is 1. The van der Waals surface area contributed by atoms with Crippen molar-refractivity contribution in [2.45, 2.75) is 0 Å². The predicted molar refractivity (Wildman–Crippen MR) is 71.6 cm³/mol. The Morgan fingerprint density at radius 2 is 1.95 bits per heavy atom. The van der Waals surface area contributed by atoms with Gasteiger partial charge in [0.05, 0.1) is 16.0 Å². The van der Waals surface area contributed by atoms with E-state index in [9.17, 15) is 14.9 Å². The molecule has 0 atom stereocenters. The van der Waals surface area contributed by atoms with Crippen LogP contribution in [-0.2, 0) is 0 Å². The van der Waals surface area contributed by atoms with E-state index in [0.29, 0.717) is 0 Å². The third-order valence-electron chi connectivity index (χ3n) is 2.45. The number of non-ortho nitro benzene ring substituents is 1. The van der Waals surface area contributed by atoms with Crippen molar-refractivity contribution in [1.29, 1.82) is 0 Å². The van der Waals surface area contributed by atoms with Crippen LogP contribution in [-0.4, -0.2) is 16.0 Å². The highest BCUT2D eigenvalue weighted by Crippen LogP contribution is 2.34. The average molecular weight is 294 g/mol. The third kappa shape index (κ3) is 2.86. The monoisotopic (exact) mass is 293 g/mol. The van der Waals surface area contributed by atoms with Crippen molar-refractivity contribution < 1.29 is 19.6 Å². The maximum Gasteiger partial charge on any atom is 0.339 e. The Bertz CT molecular complexity index is 686. The van der Waals surface area contributed by atoms with Crippen molar-refractivity contribution in [3.05, 3.63) is 63.2 Å². The number of para-hydroxylation sites is 1. The summed E-state index contributed by atoms with van der Waals surface area (Å²) in [7, 11) is 0. The summed E-state index contributed by atoms with van der Waals surface area (Å²) in [6.07, 6.45) is 0. The third-order valence-corrected chi connectivity index (χ3v) is 2.74. The van der Waals surface area contributed by atoms with Crippen LogP contribution in [0.2, 0.25) is 5.02 Å². The molecule has 2 aromatic carbocycles. The Balaban J connectivity index is 2.42. The van der Waals surface area contributed by atoms with E-state index in [1.54, 1.807) is 0 Å². The molecule has 0 saturated heterocycles. The topological polar surface area (TPSA) is 89.7 Å². The van der Waals surface area contributed by atoms with Crippen molar-refractivity contribution in [2.24, 2.45) is 0 Å². The molecule has 0 amide bonds. The Morgan fingerprint density at radius 1 is 1.25 bits per heavy atom. The van der Waals surface area contributed by atoms with Crippen LogP contribution in [0.25, 0.3) is 0 Å². The summed E-state index contributed by atoms with van der Waals surface area (Å²) in [5, 5.41) is 19.8. The summed E-state index contributed by atoms with van der Waals surface area (Å²) in [6.45, 7) is 0. The number of nitro groups is 1. The number of benzene rings is 2. The first-order valence-corrected chi connectivity index (χ1v) is 5.81. The number of aromatic carboxylic acids is 1. The van der Waals surface area contributed by atoms with Gasteiger partial charge < -0.3 is 9.84 Å². The largest absolute Gasteiger partial charge is 0.478 e. The van der Waals surface area contributed by atoms with E-state index in [4.69, 9.17) is 21.4 Å². The minimum absolute atomic E-state index is 0.0536. The number of carbonyl (C=O) groups is 1. The Kier molecular flexibility index (Phi) is 3.86. The lowest BCUT2D eigenvalue weighted by Gasteiger charge is -2.10. The van der Waals surface area contributed by atoms with E-state index in [2.05, 4.69) is 0 Å². The smallest absolute Gasteiger partial charge is 0.339 e. The molecule has 0 unspecified atom stereocenters. The number of carboxylic acid groups (broad SMARTS) is 1. The molecule has 0 aliphatic rings. The van der Waals surface area contributed by atoms with Crippen molar-refractivity contribution >= 4 is 23.3 Å². The molecule has 0 aliphatic heterocycles. The molecule has 6 nitrogen and oxygen atoms in total. The normalized spacial score (nSPS) is 10.1. The molecule has 0 fully saturated rings. The van der Waals surface area contributed by atoms with E-state index in [-0.39, 0.29) is 27.8 Å². The summed E-state index contributed by atoms with van der Waals surface area (Å²) in [4.78, 5) is 21.2. The fraction of sp³-hybridized carbons (Fsp3) is 0. The SMILES string of the molecule is O=C(O)c1cccc(Cl)c1Oc1cccc([N+](=O)[O-])c1. The number of ether oxygens (including phenoxy) is 1. The molecule has 20 heavy (non-hydrogen) atoms. The summed E-state index contributed by atoms with van der Waals surface area (Å²) >= 11 is 5.90. The van der Waals surface area contributed by atoms with Crippen molar-refractivity contribution in [3.8, 4) is 11.5 Å². The average Bonchev–Trinajstić information content (AvgIpc) is 2.41. The van der Waals surface area contributed by atoms with Gasteiger partial charge in [-0.15, -0.1) is 0 Å². The molecule has 2 aromatic rings. The highest BCUT2D eigenvalue weighted by molar-refractivity contribution is 6.32. The quantitative estimate of drug-likeness (QED) is 0.685. The standard InChI is InChI=1S/C13H8ClNO5/c14-11-6-2-5-10(13(16)17)12(11)20-9-4-1-3-8(7-9)15(18)19/h1-7H,(H,16,17). The van der Waals surface area contributed by atoms with Gasteiger partial charge in [0.15, 0.2) is 5.75 Å². The van der Waals surface area contributed by atoms with E-state index in [0.717, 1.165) is 0 Å². The number of hydrogen-bond acceptors (Lipinski definition) is 4. The molecule has 0 radical (unpaired) electrons. The molecule has 102 valence electrons. The lowest BCUT2D eigenvalue weighted by atomic mass is 10.2. The first kappa shape index (κ1) is 13.8. The molecule has 7 heteroatoms. The molecular weight excluding hydrogens is 286 g/mol. The van der Waals surface area contributed by atoms with Crippen molar-refractivity contribution in [2.75, 3.05) is 0 Å². The first-order valence-electron chi connectivity index (χ1n) is 5.43. The summed E-state index contributed by atoms with van der Waals surface area (Å²) in [5.41, 5.74) is -0.282. The van der Waals surface area contributed by atoms with Crippen molar-refractivity contribution in [1.82, 2.24) is 0 Å². The summed E-state index contributed by atoms with van der Waals surface area (Å²) in [5.74, 6) is -1.12. The fourth-order valence-electron chi connectivity index (χ4n) is 1.56. The minimum Gasteiger partial charge on any atom is -0.478 e. The second-order valence-electron chi connectivity index (χ2n) is 3.78. The van der Waals surface area contributed by atoms with Crippen LogP contribution in [0.5, 0.6) is 11.5 Å². The molecule has 0 aliphatic carbocycles. The van der Waals surface area contributed by atoms with Gasteiger partial charge >= 0.3 is 5.97 Å². The van der Waals surface area contributed by atoms with Gasteiger partial charge in [0.1, 0.15) is 11.3 Å². The van der Waals surface area contributed by atoms with Crippen LogP contribution in [0.4, 0.5) is 5.69 Å². The van der Waals surface area contributed by atoms with Crippen LogP contribution in [0, 0.1) is 10.1 Å².